The van der Waals surface area contributed by atoms with Crippen LogP contribution in [0.2, 0.25) is 0 Å². The lowest BCUT2D eigenvalue weighted by molar-refractivity contribution is -0.116. The molecular formula is C15H18N2OS. The van der Waals surface area contributed by atoms with Crippen molar-refractivity contribution in [1.82, 2.24) is 9.78 Å². The van der Waals surface area contributed by atoms with Crippen LogP contribution in [0.3, 0.4) is 0 Å². The molecule has 4 heteroatoms. The summed E-state index contributed by atoms with van der Waals surface area (Å²) in [4.78, 5) is 13.0. The molecule has 0 fully saturated rings. The number of rotatable bonds is 6. The highest BCUT2D eigenvalue weighted by Gasteiger charge is 2.05. The predicted molar refractivity (Wildman–Crippen MR) is 78.4 cm³/mol. The van der Waals surface area contributed by atoms with E-state index < -0.39 is 0 Å². The van der Waals surface area contributed by atoms with Crippen molar-refractivity contribution in [2.75, 3.05) is 5.75 Å². The molecule has 100 valence electrons. The molecule has 1 aromatic heterocycles. The second-order valence-electron chi connectivity index (χ2n) is 4.66. The summed E-state index contributed by atoms with van der Waals surface area (Å²) in [6.45, 7) is 2.06. The van der Waals surface area contributed by atoms with Crippen molar-refractivity contribution in [1.29, 1.82) is 0 Å². The fourth-order valence-corrected chi connectivity index (χ4v) is 2.56. The lowest BCUT2D eigenvalue weighted by Crippen LogP contribution is -2.02. The molecule has 0 saturated heterocycles. The molecule has 0 atom stereocenters. The Balaban J connectivity index is 1.74. The smallest absolute Gasteiger partial charge is 0.143 e. The minimum Gasteiger partial charge on any atom is -0.299 e. The molecule has 0 amide bonds. The fraction of sp³-hybridized carbons (Fsp3) is 0.333. The van der Waals surface area contributed by atoms with Gasteiger partial charge in [0.2, 0.25) is 0 Å². The van der Waals surface area contributed by atoms with Crippen molar-refractivity contribution in [2.24, 2.45) is 7.05 Å². The van der Waals surface area contributed by atoms with Gasteiger partial charge >= 0.3 is 0 Å². The molecule has 0 aliphatic rings. The third kappa shape index (κ3) is 4.56. The van der Waals surface area contributed by atoms with Crippen molar-refractivity contribution >= 4 is 17.5 Å². The zero-order chi connectivity index (χ0) is 13.7. The highest BCUT2D eigenvalue weighted by atomic mass is 32.2. The second-order valence-corrected chi connectivity index (χ2v) is 5.71. The first-order valence-corrected chi connectivity index (χ1v) is 7.31. The van der Waals surface area contributed by atoms with Gasteiger partial charge in [-0.3, -0.25) is 9.48 Å². The van der Waals surface area contributed by atoms with Gasteiger partial charge in [-0.2, -0.15) is 5.10 Å². The summed E-state index contributed by atoms with van der Waals surface area (Å²) < 4.78 is 1.76. The molecule has 19 heavy (non-hydrogen) atoms. The SMILES string of the molecule is Cc1ccc(SCC(=O)CCc2cnn(C)c2)cc1. The maximum atomic E-state index is 11.8. The zero-order valence-corrected chi connectivity index (χ0v) is 12.1. The molecule has 0 N–H and O–H groups in total. The molecule has 0 bridgehead atoms. The monoisotopic (exact) mass is 274 g/mol. The predicted octanol–water partition coefficient (Wildman–Crippen LogP) is 3.02. The van der Waals surface area contributed by atoms with E-state index in [1.165, 1.54) is 5.56 Å². The van der Waals surface area contributed by atoms with Gasteiger partial charge in [0.05, 0.1) is 11.9 Å². The van der Waals surface area contributed by atoms with E-state index in [9.17, 15) is 4.79 Å². The number of ketones is 1. The number of hydrogen-bond acceptors (Lipinski definition) is 3. The summed E-state index contributed by atoms with van der Waals surface area (Å²) in [5, 5.41) is 4.10. The summed E-state index contributed by atoms with van der Waals surface area (Å²) in [5.41, 5.74) is 2.36. The molecule has 0 aliphatic carbocycles. The van der Waals surface area contributed by atoms with E-state index >= 15 is 0 Å². The molecule has 1 heterocycles. The Morgan fingerprint density at radius 3 is 2.68 bits per heavy atom. The number of benzene rings is 1. The molecule has 2 rings (SSSR count). The minimum absolute atomic E-state index is 0.287. The summed E-state index contributed by atoms with van der Waals surface area (Å²) in [7, 11) is 1.89. The molecule has 0 aliphatic heterocycles. The third-order valence-corrected chi connectivity index (χ3v) is 3.94. The normalized spacial score (nSPS) is 10.6. The highest BCUT2D eigenvalue weighted by Crippen LogP contribution is 2.18. The van der Waals surface area contributed by atoms with Gasteiger partial charge < -0.3 is 0 Å². The standard InChI is InChI=1S/C15H18N2OS/c1-12-3-7-15(8-4-12)19-11-14(18)6-5-13-9-16-17(2)10-13/h3-4,7-10H,5-6,11H2,1-2H3. The van der Waals surface area contributed by atoms with Crippen LogP contribution >= 0.6 is 11.8 Å². The van der Waals surface area contributed by atoms with Gasteiger partial charge in [0.1, 0.15) is 5.78 Å². The lowest BCUT2D eigenvalue weighted by Gasteiger charge is -2.01. The number of carbonyl (C=O) groups excluding carboxylic acids is 1. The summed E-state index contributed by atoms with van der Waals surface area (Å²) in [5.74, 6) is 0.831. The molecule has 0 saturated carbocycles. The van der Waals surface area contributed by atoms with Crippen LogP contribution in [0.5, 0.6) is 0 Å². The highest BCUT2D eigenvalue weighted by molar-refractivity contribution is 8.00. The fourth-order valence-electron chi connectivity index (χ4n) is 1.76. The summed E-state index contributed by atoms with van der Waals surface area (Å²) in [6, 6.07) is 8.27. The van der Waals surface area contributed by atoms with Gasteiger partial charge in [-0.25, -0.2) is 0 Å². The lowest BCUT2D eigenvalue weighted by atomic mass is 10.1. The van der Waals surface area contributed by atoms with Crippen LogP contribution in [-0.4, -0.2) is 21.3 Å². The van der Waals surface area contributed by atoms with Gasteiger partial charge in [-0.15, -0.1) is 11.8 Å². The molecule has 0 spiro atoms. The van der Waals surface area contributed by atoms with Crippen LogP contribution in [0.1, 0.15) is 17.5 Å². The maximum absolute atomic E-state index is 11.8. The second kappa shape index (κ2) is 6.57. The summed E-state index contributed by atoms with van der Waals surface area (Å²) in [6.07, 6.45) is 5.15. The Hall–Kier alpha value is -1.55. The summed E-state index contributed by atoms with van der Waals surface area (Å²) >= 11 is 1.61. The van der Waals surface area contributed by atoms with Crippen LogP contribution in [0.4, 0.5) is 0 Å². The molecular weight excluding hydrogens is 256 g/mol. The van der Waals surface area contributed by atoms with Crippen molar-refractivity contribution in [3.63, 3.8) is 0 Å². The first-order valence-electron chi connectivity index (χ1n) is 6.32. The van der Waals surface area contributed by atoms with Gasteiger partial charge in [0.15, 0.2) is 0 Å². The Morgan fingerprint density at radius 2 is 2.05 bits per heavy atom. The van der Waals surface area contributed by atoms with E-state index in [0.29, 0.717) is 12.2 Å². The van der Waals surface area contributed by atoms with Crippen LogP contribution in [0, 0.1) is 6.92 Å². The Morgan fingerprint density at radius 1 is 1.32 bits per heavy atom. The van der Waals surface area contributed by atoms with Gasteiger partial charge in [0, 0.05) is 24.6 Å². The number of thioether (sulfide) groups is 1. The minimum atomic E-state index is 0.287. The van der Waals surface area contributed by atoms with Gasteiger partial charge in [-0.1, -0.05) is 17.7 Å². The van der Waals surface area contributed by atoms with Crippen molar-refractivity contribution in [2.45, 2.75) is 24.7 Å². The van der Waals surface area contributed by atoms with E-state index in [1.54, 1.807) is 16.4 Å². The van der Waals surface area contributed by atoms with Gasteiger partial charge in [-0.05, 0) is 31.0 Å². The Bertz CT molecular complexity index is 546. The number of Topliss-reactive ketones (excluding diaryl/α,β-unsaturated/α-hetero) is 1. The van der Waals surface area contributed by atoms with E-state index in [1.807, 2.05) is 19.4 Å². The van der Waals surface area contributed by atoms with E-state index in [2.05, 4.69) is 36.3 Å². The maximum Gasteiger partial charge on any atom is 0.143 e. The van der Waals surface area contributed by atoms with Crippen LogP contribution in [0.25, 0.3) is 0 Å². The Kier molecular flexibility index (Phi) is 4.80. The van der Waals surface area contributed by atoms with Crippen LogP contribution in [0.15, 0.2) is 41.6 Å². The molecule has 0 radical (unpaired) electrons. The van der Waals surface area contributed by atoms with Gasteiger partial charge in [0.25, 0.3) is 0 Å². The quantitative estimate of drug-likeness (QED) is 0.759. The molecule has 3 nitrogen and oxygen atoms in total. The van der Waals surface area contributed by atoms with Crippen molar-refractivity contribution in [3.8, 4) is 0 Å². The first-order chi connectivity index (χ1) is 9.13. The average Bonchev–Trinajstić information content (AvgIpc) is 2.81. The third-order valence-electron chi connectivity index (χ3n) is 2.87. The van der Waals surface area contributed by atoms with E-state index in [4.69, 9.17) is 0 Å². The molecule has 2 aromatic rings. The van der Waals surface area contributed by atoms with Crippen molar-refractivity contribution < 1.29 is 4.79 Å². The number of hydrogen-bond donors (Lipinski definition) is 0. The topological polar surface area (TPSA) is 34.9 Å². The number of nitrogens with zero attached hydrogens (tertiary/aromatic N) is 2. The number of carbonyl (C=O) groups is 1. The van der Waals surface area contributed by atoms with Crippen molar-refractivity contribution in [3.05, 3.63) is 47.8 Å². The number of aryl methyl sites for hydroxylation is 3. The number of aromatic nitrogens is 2. The zero-order valence-electron chi connectivity index (χ0n) is 11.3. The molecule has 0 unspecified atom stereocenters. The van der Waals surface area contributed by atoms with E-state index in [-0.39, 0.29) is 5.78 Å². The average molecular weight is 274 g/mol. The van der Waals surface area contributed by atoms with Crippen LogP contribution in [-0.2, 0) is 18.3 Å². The molecule has 1 aromatic carbocycles. The van der Waals surface area contributed by atoms with E-state index in [0.717, 1.165) is 16.9 Å². The Labute approximate surface area is 118 Å². The van der Waals surface area contributed by atoms with Crippen LogP contribution < -0.4 is 0 Å². The largest absolute Gasteiger partial charge is 0.299 e. The first kappa shape index (κ1) is 13.9.